The van der Waals surface area contributed by atoms with Crippen molar-refractivity contribution in [1.29, 1.82) is 0 Å². The van der Waals surface area contributed by atoms with Gasteiger partial charge in [0.05, 0.1) is 6.61 Å². The Morgan fingerprint density at radius 2 is 2.04 bits per heavy atom. The van der Waals surface area contributed by atoms with Crippen LogP contribution in [0.3, 0.4) is 0 Å². The van der Waals surface area contributed by atoms with Crippen LogP contribution in [0.1, 0.15) is 36.5 Å². The SMILES string of the molecule is CCC(=O)c1ccc(OCC(=O)NCC2CCCN2CCOC)cc1. The fraction of sp³-hybridized carbons (Fsp3) is 0.579. The molecule has 1 aromatic rings. The third kappa shape index (κ3) is 6.14. The smallest absolute Gasteiger partial charge is 0.257 e. The lowest BCUT2D eigenvalue weighted by Gasteiger charge is -2.24. The second kappa shape index (κ2) is 10.2. The molecule has 0 spiro atoms. The van der Waals surface area contributed by atoms with Crippen LogP contribution >= 0.6 is 0 Å². The van der Waals surface area contributed by atoms with E-state index in [0.29, 0.717) is 36.9 Å². The molecule has 6 nitrogen and oxygen atoms in total. The number of rotatable bonds is 10. The van der Waals surface area contributed by atoms with Gasteiger partial charge in [0.25, 0.3) is 5.91 Å². The van der Waals surface area contributed by atoms with Crippen LogP contribution < -0.4 is 10.1 Å². The van der Waals surface area contributed by atoms with E-state index in [1.54, 1.807) is 31.4 Å². The first-order valence-corrected chi connectivity index (χ1v) is 8.89. The Bertz CT molecular complexity index is 559. The highest BCUT2D eigenvalue weighted by molar-refractivity contribution is 5.95. The van der Waals surface area contributed by atoms with Gasteiger partial charge in [0.1, 0.15) is 5.75 Å². The summed E-state index contributed by atoms with van der Waals surface area (Å²) in [6, 6.07) is 7.27. The number of nitrogens with zero attached hydrogens (tertiary/aromatic N) is 1. The third-order valence-corrected chi connectivity index (χ3v) is 4.48. The first-order valence-electron chi connectivity index (χ1n) is 8.89. The van der Waals surface area contributed by atoms with Gasteiger partial charge in [-0.1, -0.05) is 6.92 Å². The second-order valence-electron chi connectivity index (χ2n) is 6.22. The van der Waals surface area contributed by atoms with Gasteiger partial charge in [0, 0.05) is 38.2 Å². The van der Waals surface area contributed by atoms with Crippen molar-refractivity contribution in [3.8, 4) is 5.75 Å². The van der Waals surface area contributed by atoms with E-state index in [4.69, 9.17) is 9.47 Å². The van der Waals surface area contributed by atoms with E-state index < -0.39 is 0 Å². The van der Waals surface area contributed by atoms with Gasteiger partial charge in [-0.15, -0.1) is 0 Å². The second-order valence-corrected chi connectivity index (χ2v) is 6.22. The van der Waals surface area contributed by atoms with Gasteiger partial charge in [0.15, 0.2) is 12.4 Å². The number of benzene rings is 1. The maximum atomic E-state index is 12.0. The van der Waals surface area contributed by atoms with Crippen LogP contribution in [0.2, 0.25) is 0 Å². The molecular formula is C19H28N2O4. The molecule has 1 heterocycles. The van der Waals surface area contributed by atoms with Crippen molar-refractivity contribution < 1.29 is 19.1 Å². The summed E-state index contributed by atoms with van der Waals surface area (Å²) in [4.78, 5) is 25.9. The van der Waals surface area contributed by atoms with Gasteiger partial charge in [-0.25, -0.2) is 0 Å². The molecule has 1 aliphatic rings. The van der Waals surface area contributed by atoms with Gasteiger partial charge in [-0.3, -0.25) is 14.5 Å². The summed E-state index contributed by atoms with van der Waals surface area (Å²) in [6.45, 7) is 5.11. The Kier molecular flexibility index (Phi) is 7.88. The third-order valence-electron chi connectivity index (χ3n) is 4.48. The maximum absolute atomic E-state index is 12.0. The van der Waals surface area contributed by atoms with Crippen LogP contribution in [0.5, 0.6) is 5.75 Å². The number of ketones is 1. The van der Waals surface area contributed by atoms with Crippen LogP contribution in [-0.2, 0) is 9.53 Å². The standard InChI is InChI=1S/C19H28N2O4/c1-3-18(22)15-6-8-17(9-7-15)25-14-19(23)20-13-16-5-4-10-21(16)11-12-24-2/h6-9,16H,3-5,10-14H2,1-2H3,(H,20,23). The minimum absolute atomic E-state index is 0.0220. The monoisotopic (exact) mass is 348 g/mol. The molecular weight excluding hydrogens is 320 g/mol. The number of ether oxygens (including phenoxy) is 2. The molecule has 1 aromatic carbocycles. The van der Waals surface area contributed by atoms with Crippen LogP contribution in [0.4, 0.5) is 0 Å². The normalized spacial score (nSPS) is 17.4. The average molecular weight is 348 g/mol. The quantitative estimate of drug-likeness (QED) is 0.654. The Hall–Kier alpha value is -1.92. The number of hydrogen-bond acceptors (Lipinski definition) is 5. The molecule has 1 aliphatic heterocycles. The Labute approximate surface area is 149 Å². The molecule has 25 heavy (non-hydrogen) atoms. The van der Waals surface area contributed by atoms with Gasteiger partial charge in [0.2, 0.25) is 0 Å². The summed E-state index contributed by atoms with van der Waals surface area (Å²) >= 11 is 0. The minimum atomic E-state index is -0.132. The average Bonchev–Trinajstić information content (AvgIpc) is 3.10. The van der Waals surface area contributed by atoms with Crippen molar-refractivity contribution in [1.82, 2.24) is 10.2 Å². The molecule has 0 radical (unpaired) electrons. The lowest BCUT2D eigenvalue weighted by molar-refractivity contribution is -0.123. The molecule has 1 saturated heterocycles. The lowest BCUT2D eigenvalue weighted by Crippen LogP contribution is -2.42. The molecule has 1 amide bonds. The van der Waals surface area contributed by atoms with E-state index >= 15 is 0 Å². The van der Waals surface area contributed by atoms with Crippen molar-refractivity contribution in [2.75, 3.05) is 40.0 Å². The first-order chi connectivity index (χ1) is 12.1. The zero-order valence-corrected chi connectivity index (χ0v) is 15.1. The molecule has 1 N–H and O–H groups in total. The minimum Gasteiger partial charge on any atom is -0.484 e. The summed E-state index contributed by atoms with van der Waals surface area (Å²) in [7, 11) is 1.70. The summed E-state index contributed by atoms with van der Waals surface area (Å²) in [5.74, 6) is 0.552. The molecule has 0 bridgehead atoms. The predicted octanol–water partition coefficient (Wildman–Crippen LogP) is 1.89. The largest absolute Gasteiger partial charge is 0.484 e. The summed E-state index contributed by atoms with van der Waals surface area (Å²) in [5, 5.41) is 2.94. The number of nitrogens with one attached hydrogen (secondary N) is 1. The number of likely N-dealkylation sites (tertiary alicyclic amines) is 1. The van der Waals surface area contributed by atoms with Crippen molar-refractivity contribution >= 4 is 11.7 Å². The van der Waals surface area contributed by atoms with Crippen molar-refractivity contribution in [2.45, 2.75) is 32.2 Å². The van der Waals surface area contributed by atoms with E-state index in [0.717, 1.165) is 25.9 Å². The topological polar surface area (TPSA) is 67.9 Å². The highest BCUT2D eigenvalue weighted by Gasteiger charge is 2.24. The molecule has 6 heteroatoms. The fourth-order valence-corrected chi connectivity index (χ4v) is 3.00. The Balaban J connectivity index is 1.71. The molecule has 1 atom stereocenters. The van der Waals surface area contributed by atoms with Crippen LogP contribution in [0.15, 0.2) is 24.3 Å². The summed E-state index contributed by atoms with van der Waals surface area (Å²) < 4.78 is 10.6. The number of amides is 1. The van der Waals surface area contributed by atoms with Gasteiger partial charge >= 0.3 is 0 Å². The zero-order valence-electron chi connectivity index (χ0n) is 15.1. The van der Waals surface area contributed by atoms with Crippen LogP contribution in [0.25, 0.3) is 0 Å². The summed E-state index contributed by atoms with van der Waals surface area (Å²) in [6.07, 6.45) is 2.73. The van der Waals surface area contributed by atoms with E-state index in [2.05, 4.69) is 10.2 Å². The van der Waals surface area contributed by atoms with Gasteiger partial charge in [-0.05, 0) is 43.7 Å². The first kappa shape index (κ1) is 19.4. The van der Waals surface area contributed by atoms with E-state index in [-0.39, 0.29) is 18.3 Å². The predicted molar refractivity (Wildman–Crippen MR) is 96.0 cm³/mol. The molecule has 138 valence electrons. The van der Waals surface area contributed by atoms with Crippen molar-refractivity contribution in [3.63, 3.8) is 0 Å². The molecule has 1 unspecified atom stereocenters. The number of carbonyl (C=O) groups is 2. The lowest BCUT2D eigenvalue weighted by atomic mass is 10.1. The fourth-order valence-electron chi connectivity index (χ4n) is 3.00. The molecule has 0 saturated carbocycles. The van der Waals surface area contributed by atoms with Crippen LogP contribution in [0, 0.1) is 0 Å². The molecule has 0 aromatic heterocycles. The Morgan fingerprint density at radius 3 is 2.72 bits per heavy atom. The van der Waals surface area contributed by atoms with Crippen molar-refractivity contribution in [2.24, 2.45) is 0 Å². The Morgan fingerprint density at radius 1 is 1.28 bits per heavy atom. The number of hydrogen-bond donors (Lipinski definition) is 1. The van der Waals surface area contributed by atoms with Crippen LogP contribution in [-0.4, -0.2) is 62.6 Å². The highest BCUT2D eigenvalue weighted by Crippen LogP contribution is 2.16. The number of Topliss-reactive ketones (excluding diaryl/α,β-unsaturated/α-hetero) is 1. The van der Waals surface area contributed by atoms with Gasteiger partial charge < -0.3 is 14.8 Å². The zero-order chi connectivity index (χ0) is 18.1. The van der Waals surface area contributed by atoms with Gasteiger partial charge in [-0.2, -0.15) is 0 Å². The highest BCUT2D eigenvalue weighted by atomic mass is 16.5. The molecule has 0 aliphatic carbocycles. The van der Waals surface area contributed by atoms with E-state index in [9.17, 15) is 9.59 Å². The van der Waals surface area contributed by atoms with E-state index in [1.807, 2.05) is 6.92 Å². The van der Waals surface area contributed by atoms with Crippen molar-refractivity contribution in [3.05, 3.63) is 29.8 Å². The summed E-state index contributed by atoms with van der Waals surface area (Å²) in [5.41, 5.74) is 0.664. The number of methoxy groups -OCH3 is 1. The van der Waals surface area contributed by atoms with E-state index in [1.165, 1.54) is 0 Å². The number of carbonyl (C=O) groups excluding carboxylic acids is 2. The maximum Gasteiger partial charge on any atom is 0.257 e. The molecule has 1 fully saturated rings. The molecule has 2 rings (SSSR count).